The van der Waals surface area contributed by atoms with E-state index in [-0.39, 0.29) is 17.8 Å². The predicted molar refractivity (Wildman–Crippen MR) is 135 cm³/mol. The number of aromatic nitrogens is 4. The van der Waals surface area contributed by atoms with Crippen LogP contribution in [0, 0.1) is 19.7 Å². The van der Waals surface area contributed by atoms with Crippen molar-refractivity contribution in [3.63, 3.8) is 0 Å². The molecule has 9 heteroatoms. The lowest BCUT2D eigenvalue weighted by Gasteiger charge is -2.36. The first-order chi connectivity index (χ1) is 16.8. The number of nitrogens with one attached hydrogen (secondary N) is 1. The molecule has 1 saturated heterocycles. The van der Waals surface area contributed by atoms with Crippen molar-refractivity contribution in [3.8, 4) is 11.1 Å². The molecule has 0 aliphatic carbocycles. The molecule has 3 aromatic rings. The molecule has 1 atom stereocenters. The van der Waals surface area contributed by atoms with Gasteiger partial charge in [-0.15, -0.1) is 0 Å². The summed E-state index contributed by atoms with van der Waals surface area (Å²) < 4.78 is 13.6. The number of benzene rings is 1. The number of hydrogen-bond acceptors (Lipinski definition) is 7. The summed E-state index contributed by atoms with van der Waals surface area (Å²) in [5.74, 6) is 0.880. The van der Waals surface area contributed by atoms with Crippen molar-refractivity contribution in [1.82, 2.24) is 24.8 Å². The van der Waals surface area contributed by atoms with Gasteiger partial charge in [0, 0.05) is 56.8 Å². The molecule has 35 heavy (non-hydrogen) atoms. The number of hydrogen-bond donors (Lipinski definition) is 1. The summed E-state index contributed by atoms with van der Waals surface area (Å²) in [6.07, 6.45) is 4.88. The fourth-order valence-corrected chi connectivity index (χ4v) is 4.45. The zero-order valence-electron chi connectivity index (χ0n) is 20.8. The van der Waals surface area contributed by atoms with Gasteiger partial charge in [0.25, 0.3) is 0 Å². The van der Waals surface area contributed by atoms with Crippen LogP contribution in [-0.2, 0) is 4.79 Å². The number of anilines is 2. The van der Waals surface area contributed by atoms with E-state index in [0.717, 1.165) is 47.5 Å². The van der Waals surface area contributed by atoms with Crippen LogP contribution >= 0.6 is 0 Å². The van der Waals surface area contributed by atoms with E-state index in [0.29, 0.717) is 31.4 Å². The summed E-state index contributed by atoms with van der Waals surface area (Å²) in [6.45, 7) is 4.97. The Hall–Kier alpha value is -3.62. The van der Waals surface area contributed by atoms with Gasteiger partial charge in [0.2, 0.25) is 17.8 Å². The highest BCUT2D eigenvalue weighted by Gasteiger charge is 2.31. The van der Waals surface area contributed by atoms with Gasteiger partial charge in [-0.25, -0.2) is 24.3 Å². The van der Waals surface area contributed by atoms with E-state index in [2.05, 4.69) is 20.3 Å². The standard InChI is InChI=1S/C26H32FN7O/c1-17-15-18(2)31-25(30-17)28-13-12-23(35)34-14-6-5-7-22(34)24-21(16-29-26(32-24)33(3)4)19-8-10-20(27)11-9-19/h8-11,15-16,22H,5-7,12-14H2,1-4H3,(H,28,30,31). The molecule has 1 amide bonds. The second-order valence-electron chi connectivity index (χ2n) is 9.12. The number of carbonyl (C=O) groups excluding carboxylic acids is 1. The lowest BCUT2D eigenvalue weighted by Crippen LogP contribution is -2.40. The van der Waals surface area contributed by atoms with Crippen LogP contribution in [0.2, 0.25) is 0 Å². The van der Waals surface area contributed by atoms with E-state index >= 15 is 0 Å². The van der Waals surface area contributed by atoms with Crippen LogP contribution in [0.25, 0.3) is 11.1 Å². The van der Waals surface area contributed by atoms with Gasteiger partial charge in [0.05, 0.1) is 11.7 Å². The van der Waals surface area contributed by atoms with Crippen molar-refractivity contribution >= 4 is 17.8 Å². The zero-order valence-corrected chi connectivity index (χ0v) is 20.8. The molecule has 184 valence electrons. The van der Waals surface area contributed by atoms with Crippen LogP contribution in [0.4, 0.5) is 16.3 Å². The number of aryl methyl sites for hydroxylation is 2. The first-order valence-corrected chi connectivity index (χ1v) is 12.0. The molecule has 1 aromatic carbocycles. The average molecular weight is 478 g/mol. The number of nitrogens with zero attached hydrogens (tertiary/aromatic N) is 6. The molecule has 1 N–H and O–H groups in total. The van der Waals surface area contributed by atoms with Crippen LogP contribution in [0.5, 0.6) is 0 Å². The Morgan fingerprint density at radius 3 is 2.51 bits per heavy atom. The molecule has 0 saturated carbocycles. The molecule has 1 aliphatic rings. The summed E-state index contributed by atoms with van der Waals surface area (Å²) >= 11 is 0. The van der Waals surface area contributed by atoms with Gasteiger partial charge in [-0.2, -0.15) is 0 Å². The van der Waals surface area contributed by atoms with E-state index < -0.39 is 0 Å². The molecular weight excluding hydrogens is 445 g/mol. The quantitative estimate of drug-likeness (QED) is 0.543. The fourth-order valence-electron chi connectivity index (χ4n) is 4.45. The first-order valence-electron chi connectivity index (χ1n) is 12.0. The number of halogens is 1. The third-order valence-corrected chi connectivity index (χ3v) is 6.10. The maximum Gasteiger partial charge on any atom is 0.225 e. The Morgan fingerprint density at radius 2 is 1.83 bits per heavy atom. The van der Waals surface area contributed by atoms with Gasteiger partial charge in [0.1, 0.15) is 5.82 Å². The normalized spacial score (nSPS) is 15.7. The zero-order chi connectivity index (χ0) is 24.9. The Morgan fingerprint density at radius 1 is 1.11 bits per heavy atom. The van der Waals surface area contributed by atoms with Crippen LogP contribution in [-0.4, -0.2) is 57.9 Å². The summed E-state index contributed by atoms with van der Waals surface area (Å²) in [5.41, 5.74) is 4.22. The van der Waals surface area contributed by atoms with Gasteiger partial charge in [-0.1, -0.05) is 12.1 Å². The molecule has 0 spiro atoms. The lowest BCUT2D eigenvalue weighted by molar-refractivity contribution is -0.134. The summed E-state index contributed by atoms with van der Waals surface area (Å²) in [7, 11) is 3.78. The Labute approximate surface area is 205 Å². The summed E-state index contributed by atoms with van der Waals surface area (Å²) in [6, 6.07) is 8.07. The van der Waals surface area contributed by atoms with Gasteiger partial charge < -0.3 is 15.1 Å². The minimum Gasteiger partial charge on any atom is -0.354 e. The lowest BCUT2D eigenvalue weighted by atomic mass is 9.93. The summed E-state index contributed by atoms with van der Waals surface area (Å²) in [5, 5.41) is 3.18. The second-order valence-corrected chi connectivity index (χ2v) is 9.12. The van der Waals surface area contributed by atoms with Crippen LogP contribution in [0.1, 0.15) is 48.8 Å². The van der Waals surface area contributed by atoms with Crippen molar-refractivity contribution in [2.24, 2.45) is 0 Å². The monoisotopic (exact) mass is 477 g/mol. The smallest absolute Gasteiger partial charge is 0.225 e. The molecule has 4 rings (SSSR count). The highest BCUT2D eigenvalue weighted by molar-refractivity contribution is 5.78. The van der Waals surface area contributed by atoms with E-state index in [9.17, 15) is 9.18 Å². The van der Waals surface area contributed by atoms with Crippen LogP contribution < -0.4 is 10.2 Å². The number of amides is 1. The molecule has 1 unspecified atom stereocenters. The maximum absolute atomic E-state index is 13.6. The van der Waals surface area contributed by atoms with Crippen molar-refractivity contribution in [2.75, 3.05) is 37.4 Å². The Balaban J connectivity index is 1.57. The van der Waals surface area contributed by atoms with Gasteiger partial charge in [-0.05, 0) is 56.9 Å². The van der Waals surface area contributed by atoms with E-state index in [1.165, 1.54) is 12.1 Å². The third kappa shape index (κ3) is 5.90. The van der Waals surface area contributed by atoms with Crippen molar-refractivity contribution in [3.05, 3.63) is 59.4 Å². The van der Waals surface area contributed by atoms with E-state index in [4.69, 9.17) is 4.98 Å². The molecule has 0 bridgehead atoms. The van der Waals surface area contributed by atoms with Crippen molar-refractivity contribution in [1.29, 1.82) is 0 Å². The van der Waals surface area contributed by atoms with Gasteiger partial charge >= 0.3 is 0 Å². The molecule has 2 aromatic heterocycles. The molecule has 3 heterocycles. The van der Waals surface area contributed by atoms with E-state index in [1.807, 2.05) is 43.8 Å². The SMILES string of the molecule is Cc1cc(C)nc(NCCC(=O)N2CCCCC2c2nc(N(C)C)ncc2-c2ccc(F)cc2)n1. The second kappa shape index (κ2) is 10.8. The Kier molecular flexibility index (Phi) is 7.53. The third-order valence-electron chi connectivity index (χ3n) is 6.10. The predicted octanol–water partition coefficient (Wildman–Crippen LogP) is 4.31. The highest BCUT2D eigenvalue weighted by atomic mass is 19.1. The number of carbonyl (C=O) groups is 1. The molecule has 1 aliphatic heterocycles. The maximum atomic E-state index is 13.6. The van der Waals surface area contributed by atoms with Gasteiger partial charge in [-0.3, -0.25) is 4.79 Å². The fraction of sp³-hybridized carbons (Fsp3) is 0.423. The number of likely N-dealkylation sites (tertiary alicyclic amines) is 1. The number of piperidine rings is 1. The molecule has 8 nitrogen and oxygen atoms in total. The summed E-state index contributed by atoms with van der Waals surface area (Å²) in [4.78, 5) is 35.3. The molecular formula is C26H32FN7O. The van der Waals surface area contributed by atoms with Crippen molar-refractivity contribution in [2.45, 2.75) is 45.6 Å². The minimum absolute atomic E-state index is 0.0571. The van der Waals surface area contributed by atoms with Crippen molar-refractivity contribution < 1.29 is 9.18 Å². The highest BCUT2D eigenvalue weighted by Crippen LogP contribution is 2.36. The number of rotatable bonds is 7. The Bertz CT molecular complexity index is 1160. The molecule has 1 fully saturated rings. The average Bonchev–Trinajstić information content (AvgIpc) is 2.83. The first kappa shape index (κ1) is 24.5. The largest absolute Gasteiger partial charge is 0.354 e. The topological polar surface area (TPSA) is 87.1 Å². The van der Waals surface area contributed by atoms with Crippen LogP contribution in [0.15, 0.2) is 36.5 Å². The molecule has 0 radical (unpaired) electrons. The van der Waals surface area contributed by atoms with Gasteiger partial charge in [0.15, 0.2) is 0 Å². The van der Waals surface area contributed by atoms with E-state index in [1.54, 1.807) is 18.3 Å². The minimum atomic E-state index is -0.295. The van der Waals surface area contributed by atoms with Crippen LogP contribution in [0.3, 0.4) is 0 Å².